The summed E-state index contributed by atoms with van der Waals surface area (Å²) >= 11 is 4.07. The van der Waals surface area contributed by atoms with Crippen LogP contribution in [0.3, 0.4) is 0 Å². The molecule has 0 radical (unpaired) electrons. The molecule has 3 amide bonds. The van der Waals surface area contributed by atoms with Crippen LogP contribution in [0.2, 0.25) is 0 Å². The van der Waals surface area contributed by atoms with Crippen molar-refractivity contribution in [1.82, 2.24) is 14.6 Å². The molecule has 1 atom stereocenters. The third-order valence-electron chi connectivity index (χ3n) is 5.36. The molecule has 2 aromatic rings. The number of piperidine rings is 1. The number of ether oxygens (including phenoxy) is 1. The van der Waals surface area contributed by atoms with Crippen LogP contribution in [0, 0.1) is 5.82 Å². The normalized spacial score (nSPS) is 16.5. The Bertz CT molecular complexity index is 958. The van der Waals surface area contributed by atoms with Gasteiger partial charge in [-0.05, 0) is 56.4 Å². The number of hydrogen-bond acceptors (Lipinski definition) is 6. The van der Waals surface area contributed by atoms with Crippen molar-refractivity contribution in [3.63, 3.8) is 0 Å². The smallest absolute Gasteiger partial charge is 0.319 e. The van der Waals surface area contributed by atoms with E-state index in [2.05, 4.69) is 42.8 Å². The molecule has 174 valence electrons. The van der Waals surface area contributed by atoms with E-state index >= 15 is 0 Å². The van der Waals surface area contributed by atoms with E-state index in [1.807, 2.05) is 0 Å². The maximum atomic E-state index is 14.0. The topological polar surface area (TPSA) is 110 Å². The number of nitrogens with two attached hydrogens (primary N) is 1. The van der Waals surface area contributed by atoms with Crippen LogP contribution in [0.25, 0.3) is 0 Å². The number of aromatic nitrogens is 1. The maximum absolute atomic E-state index is 14.0. The quantitative estimate of drug-likeness (QED) is 0.425. The second kappa shape index (κ2) is 11.6. The number of nitrogens with zero attached hydrogens (tertiary/aromatic N) is 2. The molecule has 4 N–H and O–H groups in total. The van der Waals surface area contributed by atoms with Gasteiger partial charge in [0.1, 0.15) is 23.0 Å². The number of benzene rings is 1. The number of halogens is 2. The molecule has 0 spiro atoms. The van der Waals surface area contributed by atoms with Crippen molar-refractivity contribution < 1.29 is 18.7 Å². The average molecular weight is 528 g/mol. The first-order valence-electron chi connectivity index (χ1n) is 10.5. The predicted molar refractivity (Wildman–Crippen MR) is 126 cm³/mol. The van der Waals surface area contributed by atoms with Crippen molar-refractivity contribution in [3.05, 3.63) is 39.6 Å². The Morgan fingerprint density at radius 2 is 2.22 bits per heavy atom. The zero-order valence-corrected chi connectivity index (χ0v) is 20.2. The van der Waals surface area contributed by atoms with Crippen LogP contribution in [0.4, 0.5) is 14.2 Å². The summed E-state index contributed by atoms with van der Waals surface area (Å²) in [5.41, 5.74) is 5.72. The van der Waals surface area contributed by atoms with Crippen LogP contribution in [0.5, 0.6) is 5.88 Å². The number of carbonyl (C=O) groups excluding carboxylic acids is 2. The molecule has 1 fully saturated rings. The van der Waals surface area contributed by atoms with Gasteiger partial charge in [0.15, 0.2) is 0 Å². The summed E-state index contributed by atoms with van der Waals surface area (Å²) in [6.45, 7) is 4.64. The van der Waals surface area contributed by atoms with Gasteiger partial charge in [0, 0.05) is 29.2 Å². The van der Waals surface area contributed by atoms with E-state index in [0.29, 0.717) is 22.6 Å². The van der Waals surface area contributed by atoms with Crippen LogP contribution >= 0.6 is 27.5 Å². The molecule has 2 heterocycles. The molecule has 3 rings (SSSR count). The van der Waals surface area contributed by atoms with Gasteiger partial charge in [-0.25, -0.2) is 9.18 Å². The van der Waals surface area contributed by atoms with E-state index in [-0.39, 0.29) is 23.1 Å². The first kappa shape index (κ1) is 24.4. The molecule has 8 nitrogen and oxygen atoms in total. The molecule has 0 bridgehead atoms. The van der Waals surface area contributed by atoms with Crippen molar-refractivity contribution in [1.29, 1.82) is 0 Å². The van der Waals surface area contributed by atoms with E-state index in [1.165, 1.54) is 25.3 Å². The molecule has 1 aromatic carbocycles. The molecular formula is C21H27BrFN5O3S. The molecule has 0 saturated carbocycles. The average Bonchev–Trinajstić information content (AvgIpc) is 3.14. The van der Waals surface area contributed by atoms with E-state index in [4.69, 9.17) is 10.5 Å². The van der Waals surface area contributed by atoms with Crippen LogP contribution < -0.4 is 21.1 Å². The fraction of sp³-hybridized carbons (Fsp3) is 0.476. The van der Waals surface area contributed by atoms with Crippen LogP contribution in [-0.2, 0) is 6.61 Å². The summed E-state index contributed by atoms with van der Waals surface area (Å²) in [5, 5.41) is 5.58. The molecular weight excluding hydrogens is 501 g/mol. The lowest BCUT2D eigenvalue weighted by Crippen LogP contribution is -2.39. The molecule has 1 aromatic heterocycles. The van der Waals surface area contributed by atoms with Crippen LogP contribution in [0.15, 0.2) is 22.7 Å². The Kier molecular flexibility index (Phi) is 8.83. The highest BCUT2D eigenvalue weighted by Crippen LogP contribution is 2.31. The van der Waals surface area contributed by atoms with Gasteiger partial charge in [-0.3, -0.25) is 10.1 Å². The van der Waals surface area contributed by atoms with Crippen molar-refractivity contribution >= 4 is 44.4 Å². The Morgan fingerprint density at radius 1 is 1.41 bits per heavy atom. The van der Waals surface area contributed by atoms with Crippen molar-refractivity contribution in [2.75, 3.05) is 25.0 Å². The summed E-state index contributed by atoms with van der Waals surface area (Å²) in [4.78, 5) is 26.6. The molecule has 11 heteroatoms. The molecule has 1 unspecified atom stereocenters. The zero-order valence-electron chi connectivity index (χ0n) is 17.8. The standard InChI is InChI=1S/C21H27BrFN5O3S/c1-13-5-2-3-9-28(13)10-4-8-25-21(30)26-20-17(18(24)29)19(27-32-20)31-12-14-6-7-15(22)11-16(14)23/h6-7,11,13H,2-5,8-10,12H2,1H3,(H2,24,29)(H2,25,26,30). The monoisotopic (exact) mass is 527 g/mol. The van der Waals surface area contributed by atoms with E-state index in [1.54, 1.807) is 12.1 Å². The van der Waals surface area contributed by atoms with Gasteiger partial charge in [0.25, 0.3) is 5.91 Å². The summed E-state index contributed by atoms with van der Waals surface area (Å²) in [6, 6.07) is 4.69. The Hall–Kier alpha value is -2.24. The number of primary amides is 1. The van der Waals surface area contributed by atoms with Crippen LogP contribution in [0.1, 0.15) is 48.5 Å². The highest BCUT2D eigenvalue weighted by Gasteiger charge is 2.22. The Balaban J connectivity index is 1.51. The highest BCUT2D eigenvalue weighted by molar-refractivity contribution is 9.10. The lowest BCUT2D eigenvalue weighted by Gasteiger charge is -2.33. The zero-order chi connectivity index (χ0) is 23.1. The minimum Gasteiger partial charge on any atom is -0.471 e. The fourth-order valence-electron chi connectivity index (χ4n) is 3.58. The fourth-order valence-corrected chi connectivity index (χ4v) is 4.65. The van der Waals surface area contributed by atoms with Gasteiger partial charge in [-0.2, -0.15) is 4.37 Å². The third kappa shape index (κ3) is 6.63. The van der Waals surface area contributed by atoms with Crippen molar-refractivity contribution in [2.24, 2.45) is 5.73 Å². The molecule has 1 saturated heterocycles. The summed E-state index contributed by atoms with van der Waals surface area (Å²) in [6.07, 6.45) is 4.54. The Labute approximate surface area is 199 Å². The minimum atomic E-state index is -0.792. The number of nitrogens with one attached hydrogen (secondary N) is 2. The lowest BCUT2D eigenvalue weighted by molar-refractivity contribution is 0.0996. The highest BCUT2D eigenvalue weighted by atomic mass is 79.9. The maximum Gasteiger partial charge on any atom is 0.319 e. The summed E-state index contributed by atoms with van der Waals surface area (Å²) in [5.74, 6) is -1.29. The van der Waals surface area contributed by atoms with Crippen molar-refractivity contribution in [3.8, 4) is 5.88 Å². The van der Waals surface area contributed by atoms with Gasteiger partial charge >= 0.3 is 6.03 Å². The predicted octanol–water partition coefficient (Wildman–Crippen LogP) is 4.11. The summed E-state index contributed by atoms with van der Waals surface area (Å²) < 4.78 is 24.2. The second-order valence-corrected chi connectivity index (χ2v) is 9.38. The minimum absolute atomic E-state index is 0.0372. The molecule has 1 aliphatic heterocycles. The number of carbonyl (C=O) groups is 2. The van der Waals surface area contributed by atoms with Crippen molar-refractivity contribution in [2.45, 2.75) is 45.3 Å². The van der Waals surface area contributed by atoms with Gasteiger partial charge in [-0.15, -0.1) is 0 Å². The van der Waals surface area contributed by atoms with Gasteiger partial charge in [0.05, 0.1) is 0 Å². The Morgan fingerprint density at radius 3 is 2.94 bits per heavy atom. The largest absolute Gasteiger partial charge is 0.471 e. The van der Waals surface area contributed by atoms with E-state index < -0.39 is 17.8 Å². The molecule has 1 aliphatic rings. The second-order valence-electron chi connectivity index (χ2n) is 7.70. The van der Waals surface area contributed by atoms with E-state index in [0.717, 1.165) is 31.0 Å². The third-order valence-corrected chi connectivity index (χ3v) is 6.60. The summed E-state index contributed by atoms with van der Waals surface area (Å²) in [7, 11) is 0. The van der Waals surface area contributed by atoms with Gasteiger partial charge in [-0.1, -0.05) is 28.4 Å². The number of hydrogen-bond donors (Lipinski definition) is 3. The lowest BCUT2D eigenvalue weighted by atomic mass is 10.0. The van der Waals surface area contributed by atoms with Gasteiger partial charge in [0.2, 0.25) is 5.88 Å². The van der Waals surface area contributed by atoms with E-state index in [9.17, 15) is 14.0 Å². The number of urea groups is 1. The number of anilines is 1. The van der Waals surface area contributed by atoms with Crippen LogP contribution in [-0.4, -0.2) is 46.9 Å². The first-order chi connectivity index (χ1) is 15.3. The molecule has 0 aliphatic carbocycles. The number of amides is 3. The SMILES string of the molecule is CC1CCCCN1CCCNC(=O)Nc1snc(OCc2ccc(Br)cc2F)c1C(N)=O. The van der Waals surface area contributed by atoms with Gasteiger partial charge < -0.3 is 20.7 Å². The molecule has 32 heavy (non-hydrogen) atoms. The number of rotatable bonds is 9. The first-order valence-corrected chi connectivity index (χ1v) is 12.1. The number of likely N-dealkylation sites (tertiary alicyclic amines) is 1.